The Bertz CT molecular complexity index is 836. The standard InChI is InChI=1S/C51H97NO3/c1-3-5-7-9-11-13-15-17-18-19-20-21-22-23-24-25-26-27-28-29-30-31-32-33-34-35-37-39-41-43-45-47-51(55)52-49(48-53)50(54)46-44-42-40-38-36-16-14-12-10-8-6-4-2/h23-24,36,38,44,46,49-50,53-54H,3-22,25-35,37,39-43,45,47-48H2,1-2H3,(H,52,55)/b24-23-,38-36+,46-44+. The number of amides is 1. The van der Waals surface area contributed by atoms with Crippen LogP contribution < -0.4 is 5.32 Å². The topological polar surface area (TPSA) is 69.6 Å². The molecule has 0 aliphatic rings. The van der Waals surface area contributed by atoms with Crippen molar-refractivity contribution in [3.63, 3.8) is 0 Å². The van der Waals surface area contributed by atoms with Gasteiger partial charge in [-0.05, 0) is 57.8 Å². The van der Waals surface area contributed by atoms with Gasteiger partial charge >= 0.3 is 0 Å². The average molecular weight is 772 g/mol. The molecule has 0 heterocycles. The van der Waals surface area contributed by atoms with E-state index in [4.69, 9.17) is 0 Å². The van der Waals surface area contributed by atoms with Crippen LogP contribution in [0.25, 0.3) is 0 Å². The molecule has 1 amide bonds. The van der Waals surface area contributed by atoms with Gasteiger partial charge in [-0.2, -0.15) is 0 Å². The summed E-state index contributed by atoms with van der Waals surface area (Å²) in [7, 11) is 0. The molecule has 0 aromatic heterocycles. The first-order valence-electron chi connectivity index (χ1n) is 24.7. The lowest BCUT2D eigenvalue weighted by molar-refractivity contribution is -0.123. The van der Waals surface area contributed by atoms with Gasteiger partial charge in [0.05, 0.1) is 18.8 Å². The molecular weight excluding hydrogens is 675 g/mol. The first kappa shape index (κ1) is 53.6. The SMILES string of the molecule is CCCCCCCC/C=C/CC/C=C/C(O)C(CO)NC(=O)CCCCCCCCCCCCCCCCC/C=C\CCCCCCCCCCCCCC. The number of carbonyl (C=O) groups is 1. The summed E-state index contributed by atoms with van der Waals surface area (Å²) in [6, 6.07) is -0.636. The summed E-state index contributed by atoms with van der Waals surface area (Å²) in [5, 5.41) is 23.0. The van der Waals surface area contributed by atoms with Crippen molar-refractivity contribution < 1.29 is 15.0 Å². The number of aliphatic hydroxyl groups excluding tert-OH is 2. The fourth-order valence-corrected chi connectivity index (χ4v) is 7.54. The van der Waals surface area contributed by atoms with Crippen LogP contribution in [0.5, 0.6) is 0 Å². The fraction of sp³-hybridized carbons (Fsp3) is 0.863. The third-order valence-corrected chi connectivity index (χ3v) is 11.3. The molecule has 0 rings (SSSR count). The molecule has 0 saturated carbocycles. The van der Waals surface area contributed by atoms with Gasteiger partial charge < -0.3 is 15.5 Å². The largest absolute Gasteiger partial charge is 0.394 e. The molecule has 0 saturated heterocycles. The van der Waals surface area contributed by atoms with Gasteiger partial charge in [-0.25, -0.2) is 0 Å². The Labute approximate surface area is 344 Å². The zero-order valence-corrected chi connectivity index (χ0v) is 37.2. The number of rotatable bonds is 45. The van der Waals surface area contributed by atoms with Crippen LogP contribution in [-0.4, -0.2) is 34.9 Å². The molecule has 324 valence electrons. The Hall–Kier alpha value is -1.39. The molecule has 0 aromatic rings. The van der Waals surface area contributed by atoms with Crippen molar-refractivity contribution in [2.75, 3.05) is 6.61 Å². The van der Waals surface area contributed by atoms with E-state index in [9.17, 15) is 15.0 Å². The molecule has 4 nitrogen and oxygen atoms in total. The summed E-state index contributed by atoms with van der Waals surface area (Å²) in [5.74, 6) is -0.0725. The van der Waals surface area contributed by atoms with Crippen molar-refractivity contribution in [3.8, 4) is 0 Å². The average Bonchev–Trinajstić information content (AvgIpc) is 3.19. The van der Waals surface area contributed by atoms with Crippen LogP contribution in [0.1, 0.15) is 264 Å². The van der Waals surface area contributed by atoms with Crippen LogP contribution in [-0.2, 0) is 4.79 Å². The van der Waals surface area contributed by atoms with Crippen molar-refractivity contribution >= 4 is 5.91 Å². The van der Waals surface area contributed by atoms with Crippen molar-refractivity contribution in [2.24, 2.45) is 0 Å². The second kappa shape index (κ2) is 47.0. The smallest absolute Gasteiger partial charge is 0.220 e. The minimum atomic E-state index is -0.859. The van der Waals surface area contributed by atoms with Crippen LogP contribution in [0.3, 0.4) is 0 Å². The Kier molecular flexibility index (Phi) is 45.8. The van der Waals surface area contributed by atoms with E-state index in [-0.39, 0.29) is 12.5 Å². The molecule has 0 aliphatic carbocycles. The van der Waals surface area contributed by atoms with Gasteiger partial charge in [-0.15, -0.1) is 0 Å². The quantitative estimate of drug-likeness (QED) is 0.0426. The van der Waals surface area contributed by atoms with Gasteiger partial charge in [0, 0.05) is 6.42 Å². The van der Waals surface area contributed by atoms with E-state index in [1.165, 1.54) is 212 Å². The molecule has 0 spiro atoms. The number of hydrogen-bond donors (Lipinski definition) is 3. The van der Waals surface area contributed by atoms with E-state index >= 15 is 0 Å². The highest BCUT2D eigenvalue weighted by Crippen LogP contribution is 2.16. The zero-order valence-electron chi connectivity index (χ0n) is 37.2. The predicted octanol–water partition coefficient (Wildman–Crippen LogP) is 15.7. The monoisotopic (exact) mass is 772 g/mol. The normalized spacial score (nSPS) is 13.2. The van der Waals surface area contributed by atoms with Crippen molar-refractivity contribution in [3.05, 3.63) is 36.5 Å². The molecule has 4 heteroatoms. The highest BCUT2D eigenvalue weighted by molar-refractivity contribution is 5.76. The van der Waals surface area contributed by atoms with E-state index in [0.717, 1.165) is 32.1 Å². The van der Waals surface area contributed by atoms with E-state index in [2.05, 4.69) is 43.5 Å². The van der Waals surface area contributed by atoms with Gasteiger partial charge in [0.25, 0.3) is 0 Å². The molecule has 0 radical (unpaired) electrons. The van der Waals surface area contributed by atoms with Crippen LogP contribution in [0.2, 0.25) is 0 Å². The van der Waals surface area contributed by atoms with Gasteiger partial charge in [-0.3, -0.25) is 4.79 Å². The molecule has 0 bridgehead atoms. The van der Waals surface area contributed by atoms with Crippen LogP contribution in [0.4, 0.5) is 0 Å². The molecule has 3 N–H and O–H groups in total. The summed E-state index contributed by atoms with van der Waals surface area (Å²) in [6.45, 7) is 4.29. The summed E-state index contributed by atoms with van der Waals surface area (Å²) in [5.41, 5.74) is 0. The molecular formula is C51H97NO3. The number of carbonyl (C=O) groups excluding carboxylic acids is 1. The third-order valence-electron chi connectivity index (χ3n) is 11.3. The second-order valence-electron chi connectivity index (χ2n) is 16.9. The molecule has 0 aromatic carbocycles. The number of aliphatic hydroxyl groups is 2. The van der Waals surface area contributed by atoms with Crippen LogP contribution in [0.15, 0.2) is 36.5 Å². The lowest BCUT2D eigenvalue weighted by Crippen LogP contribution is -2.45. The van der Waals surface area contributed by atoms with Crippen molar-refractivity contribution in [1.82, 2.24) is 5.32 Å². The number of hydrogen-bond acceptors (Lipinski definition) is 3. The molecule has 0 aliphatic heterocycles. The Morgan fingerprint density at radius 2 is 0.709 bits per heavy atom. The molecule has 2 unspecified atom stereocenters. The van der Waals surface area contributed by atoms with E-state index in [1.54, 1.807) is 6.08 Å². The lowest BCUT2D eigenvalue weighted by Gasteiger charge is -2.19. The highest BCUT2D eigenvalue weighted by atomic mass is 16.3. The van der Waals surface area contributed by atoms with Gasteiger partial charge in [0.1, 0.15) is 0 Å². The Morgan fingerprint density at radius 3 is 1.05 bits per heavy atom. The number of unbranched alkanes of at least 4 members (excludes halogenated alkanes) is 34. The van der Waals surface area contributed by atoms with Crippen molar-refractivity contribution in [1.29, 1.82) is 0 Å². The minimum Gasteiger partial charge on any atom is -0.394 e. The summed E-state index contributed by atoms with van der Waals surface area (Å²) in [4.78, 5) is 12.4. The highest BCUT2D eigenvalue weighted by Gasteiger charge is 2.17. The third kappa shape index (κ3) is 43.6. The van der Waals surface area contributed by atoms with Crippen LogP contribution in [0, 0.1) is 0 Å². The van der Waals surface area contributed by atoms with Gasteiger partial charge in [0.2, 0.25) is 5.91 Å². The van der Waals surface area contributed by atoms with Gasteiger partial charge in [0.15, 0.2) is 0 Å². The molecule has 2 atom stereocenters. The van der Waals surface area contributed by atoms with E-state index in [1.807, 2.05) is 6.08 Å². The maximum Gasteiger partial charge on any atom is 0.220 e. The first-order chi connectivity index (χ1) is 27.2. The first-order valence-corrected chi connectivity index (χ1v) is 24.7. The molecule has 55 heavy (non-hydrogen) atoms. The number of allylic oxidation sites excluding steroid dienone is 5. The Balaban J connectivity index is 3.45. The number of nitrogens with one attached hydrogen (secondary N) is 1. The summed E-state index contributed by atoms with van der Waals surface area (Å²) >= 11 is 0. The zero-order chi connectivity index (χ0) is 40.0. The van der Waals surface area contributed by atoms with Gasteiger partial charge in [-0.1, -0.05) is 237 Å². The maximum atomic E-state index is 12.4. The second-order valence-corrected chi connectivity index (χ2v) is 16.9. The van der Waals surface area contributed by atoms with E-state index in [0.29, 0.717) is 6.42 Å². The van der Waals surface area contributed by atoms with Crippen molar-refractivity contribution in [2.45, 2.75) is 276 Å². The van der Waals surface area contributed by atoms with Crippen LogP contribution >= 0.6 is 0 Å². The minimum absolute atomic E-state index is 0.0725. The Morgan fingerprint density at radius 1 is 0.418 bits per heavy atom. The molecule has 0 fully saturated rings. The summed E-state index contributed by atoms with van der Waals surface area (Å²) < 4.78 is 0. The predicted molar refractivity (Wildman–Crippen MR) is 244 cm³/mol. The maximum absolute atomic E-state index is 12.4. The van der Waals surface area contributed by atoms with E-state index < -0.39 is 12.1 Å². The summed E-state index contributed by atoms with van der Waals surface area (Å²) in [6.07, 6.45) is 62.9. The fourth-order valence-electron chi connectivity index (χ4n) is 7.54. The lowest BCUT2D eigenvalue weighted by atomic mass is 10.0.